The number of methoxy groups -OCH3 is 1. The Morgan fingerprint density at radius 1 is 1.25 bits per heavy atom. The molecular weight excluding hydrogens is 334 g/mol. The van der Waals surface area contributed by atoms with Gasteiger partial charge >= 0.3 is 0 Å². The van der Waals surface area contributed by atoms with Crippen molar-refractivity contribution < 1.29 is 4.74 Å². The summed E-state index contributed by atoms with van der Waals surface area (Å²) in [5.74, 6) is 3.05. The largest absolute Gasteiger partial charge is 0.495 e. The summed E-state index contributed by atoms with van der Waals surface area (Å²) in [5, 5.41) is 3.62. The van der Waals surface area contributed by atoms with E-state index in [1.807, 2.05) is 23.9 Å². The fourth-order valence-electron chi connectivity index (χ4n) is 2.48. The number of thioether (sulfide) groups is 1. The van der Waals surface area contributed by atoms with Crippen LogP contribution in [0.2, 0.25) is 0 Å². The van der Waals surface area contributed by atoms with Gasteiger partial charge in [-0.2, -0.15) is 11.8 Å². The highest BCUT2D eigenvalue weighted by atomic mass is 79.9. The fourth-order valence-corrected chi connectivity index (χ4v) is 3.94. The van der Waals surface area contributed by atoms with Gasteiger partial charge in [0.15, 0.2) is 0 Å². The van der Waals surface area contributed by atoms with Crippen molar-refractivity contribution in [3.05, 3.63) is 58.1 Å². The predicted octanol–water partition coefficient (Wildman–Crippen LogP) is 4.86. The van der Waals surface area contributed by atoms with E-state index >= 15 is 0 Å². The van der Waals surface area contributed by atoms with Crippen molar-refractivity contribution in [2.24, 2.45) is 0 Å². The number of nitrogens with one attached hydrogen (secondary N) is 1. The molecule has 0 saturated carbocycles. The minimum Gasteiger partial charge on any atom is -0.495 e. The third-order valence-corrected chi connectivity index (χ3v) is 5.04. The highest BCUT2D eigenvalue weighted by Gasteiger charge is 2.21. The van der Waals surface area contributed by atoms with Gasteiger partial charge in [0.1, 0.15) is 5.75 Å². The summed E-state index contributed by atoms with van der Waals surface area (Å²) in [6, 6.07) is 15.0. The maximum atomic E-state index is 5.44. The molecule has 0 bridgehead atoms. The average Bonchev–Trinajstić information content (AvgIpc) is 2.48. The van der Waals surface area contributed by atoms with Crippen LogP contribution in [0.5, 0.6) is 5.75 Å². The molecule has 1 aliphatic rings. The van der Waals surface area contributed by atoms with Crippen LogP contribution in [-0.4, -0.2) is 12.9 Å². The quantitative estimate of drug-likeness (QED) is 0.854. The molecule has 0 fully saturated rings. The van der Waals surface area contributed by atoms with Crippen molar-refractivity contribution >= 4 is 33.4 Å². The van der Waals surface area contributed by atoms with E-state index in [-0.39, 0.29) is 0 Å². The lowest BCUT2D eigenvalue weighted by atomic mass is 10.0. The van der Waals surface area contributed by atoms with Crippen LogP contribution >= 0.6 is 27.7 Å². The van der Waals surface area contributed by atoms with Crippen molar-refractivity contribution in [3.63, 3.8) is 0 Å². The maximum absolute atomic E-state index is 5.44. The molecule has 2 aromatic carbocycles. The maximum Gasteiger partial charge on any atom is 0.142 e. The van der Waals surface area contributed by atoms with Gasteiger partial charge in [0.2, 0.25) is 0 Å². The second-order valence-corrected chi connectivity index (χ2v) is 6.70. The number of rotatable bonds is 3. The first kappa shape index (κ1) is 13.8. The van der Waals surface area contributed by atoms with Crippen molar-refractivity contribution in [2.75, 3.05) is 18.2 Å². The summed E-state index contributed by atoms with van der Waals surface area (Å²) in [6.07, 6.45) is 0. The van der Waals surface area contributed by atoms with E-state index in [1.54, 1.807) is 7.11 Å². The zero-order valence-corrected chi connectivity index (χ0v) is 13.6. The molecular formula is C16H16BrNOS. The Bertz CT molecular complexity index is 617. The van der Waals surface area contributed by atoms with Crippen molar-refractivity contribution in [1.82, 2.24) is 0 Å². The summed E-state index contributed by atoms with van der Waals surface area (Å²) in [7, 11) is 1.71. The minimum absolute atomic E-state index is 0.327. The van der Waals surface area contributed by atoms with Crippen LogP contribution in [0, 0.1) is 0 Å². The van der Waals surface area contributed by atoms with Gasteiger partial charge < -0.3 is 10.1 Å². The van der Waals surface area contributed by atoms with E-state index in [0.717, 1.165) is 27.4 Å². The molecule has 1 heterocycles. The zero-order valence-electron chi connectivity index (χ0n) is 11.2. The SMILES string of the molecule is COc1ccc(Br)cc1NC1CSCc2ccccc21. The molecule has 0 spiro atoms. The molecule has 4 heteroatoms. The van der Waals surface area contributed by atoms with Crippen LogP contribution in [0.1, 0.15) is 17.2 Å². The number of anilines is 1. The molecule has 2 aromatic rings. The third kappa shape index (κ3) is 2.81. The molecule has 0 saturated heterocycles. The summed E-state index contributed by atoms with van der Waals surface area (Å²) < 4.78 is 6.49. The van der Waals surface area contributed by atoms with Crippen LogP contribution in [0.4, 0.5) is 5.69 Å². The van der Waals surface area contributed by atoms with Gasteiger partial charge in [0.25, 0.3) is 0 Å². The van der Waals surface area contributed by atoms with Gasteiger partial charge in [-0.1, -0.05) is 40.2 Å². The first-order valence-electron chi connectivity index (χ1n) is 6.53. The lowest BCUT2D eigenvalue weighted by molar-refractivity contribution is 0.416. The Labute approximate surface area is 132 Å². The second kappa shape index (κ2) is 6.10. The Morgan fingerprint density at radius 3 is 2.95 bits per heavy atom. The first-order valence-corrected chi connectivity index (χ1v) is 8.48. The molecule has 0 aliphatic carbocycles. The molecule has 3 rings (SSSR count). The lowest BCUT2D eigenvalue weighted by Crippen LogP contribution is -2.19. The van der Waals surface area contributed by atoms with Crippen LogP contribution in [0.15, 0.2) is 46.9 Å². The van der Waals surface area contributed by atoms with Crippen molar-refractivity contribution in [3.8, 4) is 5.75 Å². The summed E-state index contributed by atoms with van der Waals surface area (Å²) in [5.41, 5.74) is 3.85. The van der Waals surface area contributed by atoms with Gasteiger partial charge in [-0.3, -0.25) is 0 Å². The third-order valence-electron chi connectivity index (χ3n) is 3.46. The Morgan fingerprint density at radius 2 is 2.10 bits per heavy atom. The number of ether oxygens (including phenoxy) is 1. The van der Waals surface area contributed by atoms with E-state index in [2.05, 4.69) is 51.6 Å². The minimum atomic E-state index is 0.327. The van der Waals surface area contributed by atoms with E-state index in [0.29, 0.717) is 6.04 Å². The van der Waals surface area contributed by atoms with Crippen LogP contribution in [0.3, 0.4) is 0 Å². The van der Waals surface area contributed by atoms with Crippen molar-refractivity contribution in [2.45, 2.75) is 11.8 Å². The van der Waals surface area contributed by atoms with Crippen molar-refractivity contribution in [1.29, 1.82) is 0 Å². The van der Waals surface area contributed by atoms with E-state index < -0.39 is 0 Å². The number of halogens is 1. The Balaban J connectivity index is 1.91. The highest BCUT2D eigenvalue weighted by molar-refractivity contribution is 9.10. The van der Waals surface area contributed by atoms with E-state index in [1.165, 1.54) is 11.1 Å². The molecule has 0 radical (unpaired) electrons. The first-order chi connectivity index (χ1) is 9.78. The van der Waals surface area contributed by atoms with Gasteiger partial charge in [0.05, 0.1) is 18.8 Å². The topological polar surface area (TPSA) is 21.3 Å². The smallest absolute Gasteiger partial charge is 0.142 e. The molecule has 1 atom stereocenters. The van der Waals surface area contributed by atoms with Crippen LogP contribution in [0.25, 0.3) is 0 Å². The Kier molecular flexibility index (Phi) is 4.22. The van der Waals surface area contributed by atoms with Gasteiger partial charge in [-0.25, -0.2) is 0 Å². The Hall–Kier alpha value is -1.13. The second-order valence-electron chi connectivity index (χ2n) is 4.76. The molecule has 1 unspecified atom stereocenters. The summed E-state index contributed by atoms with van der Waals surface area (Å²) in [4.78, 5) is 0. The molecule has 104 valence electrons. The van der Waals surface area contributed by atoms with E-state index in [9.17, 15) is 0 Å². The molecule has 0 amide bonds. The van der Waals surface area contributed by atoms with Gasteiger partial charge in [-0.15, -0.1) is 0 Å². The molecule has 1 N–H and O–H groups in total. The number of benzene rings is 2. The number of hydrogen-bond acceptors (Lipinski definition) is 3. The monoisotopic (exact) mass is 349 g/mol. The van der Waals surface area contributed by atoms with Gasteiger partial charge in [-0.05, 0) is 29.3 Å². The summed E-state index contributed by atoms with van der Waals surface area (Å²) >= 11 is 5.49. The predicted molar refractivity (Wildman–Crippen MR) is 89.7 cm³/mol. The standard InChI is InChI=1S/C16H16BrNOS/c1-19-16-7-6-12(17)8-14(16)18-15-10-20-9-11-4-2-3-5-13(11)15/h2-8,15,18H,9-10H2,1H3. The lowest BCUT2D eigenvalue weighted by Gasteiger charge is -2.27. The molecule has 20 heavy (non-hydrogen) atoms. The fraction of sp³-hybridized carbons (Fsp3) is 0.250. The molecule has 1 aliphatic heterocycles. The number of fused-ring (bicyclic) bond motifs is 1. The normalized spacial score (nSPS) is 17.4. The van der Waals surface area contributed by atoms with Gasteiger partial charge in [0, 0.05) is 16.0 Å². The van der Waals surface area contributed by atoms with E-state index in [4.69, 9.17) is 4.74 Å². The molecule has 0 aromatic heterocycles. The highest BCUT2D eigenvalue weighted by Crippen LogP contribution is 2.37. The van der Waals surface area contributed by atoms with Crippen LogP contribution < -0.4 is 10.1 Å². The summed E-state index contributed by atoms with van der Waals surface area (Å²) in [6.45, 7) is 0. The molecule has 2 nitrogen and oxygen atoms in total. The van der Waals surface area contributed by atoms with Crippen LogP contribution in [-0.2, 0) is 5.75 Å². The zero-order chi connectivity index (χ0) is 13.9. The average molecular weight is 350 g/mol. The number of hydrogen-bond donors (Lipinski definition) is 1.